The fourth-order valence-corrected chi connectivity index (χ4v) is 2.21. The van der Waals surface area contributed by atoms with E-state index in [1.807, 2.05) is 59.4 Å². The van der Waals surface area contributed by atoms with Crippen molar-refractivity contribution in [3.8, 4) is 0 Å². The maximum atomic E-state index is 12.3. The smallest absolute Gasteiger partial charge is 0.243 e. The summed E-state index contributed by atoms with van der Waals surface area (Å²) in [5, 5.41) is 3.01. The molecule has 0 saturated heterocycles. The fourth-order valence-electron chi connectivity index (χ4n) is 2.21. The Bertz CT molecular complexity index is 503. The van der Waals surface area contributed by atoms with Gasteiger partial charge in [-0.25, -0.2) is 0 Å². The number of hydrogen-bond donors (Lipinski definition) is 1. The first-order chi connectivity index (χ1) is 9.18. The van der Waals surface area contributed by atoms with Crippen LogP contribution in [0.15, 0.2) is 54.9 Å². The van der Waals surface area contributed by atoms with Crippen LogP contribution in [0.1, 0.15) is 25.5 Å². The highest BCUT2D eigenvalue weighted by atomic mass is 16.2. The van der Waals surface area contributed by atoms with Crippen LogP contribution in [0.4, 0.5) is 0 Å². The Hall–Kier alpha value is -2.03. The van der Waals surface area contributed by atoms with Crippen molar-refractivity contribution in [2.75, 3.05) is 0 Å². The summed E-state index contributed by atoms with van der Waals surface area (Å²) >= 11 is 0. The molecule has 3 heteroatoms. The summed E-state index contributed by atoms with van der Waals surface area (Å²) in [6.07, 6.45) is 3.87. The molecule has 19 heavy (non-hydrogen) atoms. The summed E-state index contributed by atoms with van der Waals surface area (Å²) in [6.45, 7) is 4.70. The van der Waals surface area contributed by atoms with Crippen molar-refractivity contribution in [1.82, 2.24) is 9.88 Å². The molecular weight excluding hydrogens is 236 g/mol. The van der Waals surface area contributed by atoms with Gasteiger partial charge in [0, 0.05) is 18.9 Å². The average molecular weight is 256 g/mol. The highest BCUT2D eigenvalue weighted by molar-refractivity contribution is 5.80. The first kappa shape index (κ1) is 13.4. The Morgan fingerprint density at radius 1 is 1.11 bits per heavy atom. The minimum atomic E-state index is -0.154. The lowest BCUT2D eigenvalue weighted by Gasteiger charge is -2.22. The average Bonchev–Trinajstić information content (AvgIpc) is 2.91. The van der Waals surface area contributed by atoms with E-state index >= 15 is 0 Å². The van der Waals surface area contributed by atoms with Crippen molar-refractivity contribution in [3.63, 3.8) is 0 Å². The standard InChI is InChI=1S/C16H20N2O/c1-13(2)15(18-10-6-7-11-18)16(19)17-12-14-8-4-3-5-9-14/h3-11,13,15H,12H2,1-2H3,(H,17,19)/t15-/m1/s1. The van der Waals surface area contributed by atoms with Crippen molar-refractivity contribution < 1.29 is 4.79 Å². The monoisotopic (exact) mass is 256 g/mol. The molecule has 100 valence electrons. The highest BCUT2D eigenvalue weighted by Gasteiger charge is 2.22. The number of nitrogens with one attached hydrogen (secondary N) is 1. The number of amides is 1. The van der Waals surface area contributed by atoms with E-state index in [4.69, 9.17) is 0 Å². The topological polar surface area (TPSA) is 34.0 Å². The molecule has 0 aliphatic rings. The van der Waals surface area contributed by atoms with Crippen molar-refractivity contribution in [2.24, 2.45) is 5.92 Å². The van der Waals surface area contributed by atoms with Crippen LogP contribution in [0.25, 0.3) is 0 Å². The summed E-state index contributed by atoms with van der Waals surface area (Å²) in [5.41, 5.74) is 1.12. The molecule has 1 heterocycles. The molecule has 0 aliphatic carbocycles. The molecule has 0 fully saturated rings. The molecule has 0 spiro atoms. The van der Waals surface area contributed by atoms with Crippen molar-refractivity contribution in [2.45, 2.75) is 26.4 Å². The third kappa shape index (κ3) is 3.47. The van der Waals surface area contributed by atoms with Crippen LogP contribution in [0.3, 0.4) is 0 Å². The first-order valence-corrected chi connectivity index (χ1v) is 6.62. The van der Waals surface area contributed by atoms with Gasteiger partial charge in [0.25, 0.3) is 0 Å². The van der Waals surface area contributed by atoms with E-state index in [1.165, 1.54) is 0 Å². The van der Waals surface area contributed by atoms with E-state index in [9.17, 15) is 4.79 Å². The molecule has 2 aromatic rings. The second-order valence-electron chi connectivity index (χ2n) is 5.02. The lowest BCUT2D eigenvalue weighted by molar-refractivity contribution is -0.125. The molecule has 1 atom stereocenters. The largest absolute Gasteiger partial charge is 0.350 e. The molecule has 0 saturated carbocycles. The predicted octanol–water partition coefficient (Wildman–Crippen LogP) is 3.00. The third-order valence-electron chi connectivity index (χ3n) is 3.16. The minimum absolute atomic E-state index is 0.0649. The number of carbonyl (C=O) groups excluding carboxylic acids is 1. The van der Waals surface area contributed by atoms with Gasteiger partial charge in [-0.1, -0.05) is 44.2 Å². The molecule has 0 radical (unpaired) electrons. The molecular formula is C16H20N2O. The predicted molar refractivity (Wildman–Crippen MR) is 76.6 cm³/mol. The Morgan fingerprint density at radius 2 is 1.74 bits per heavy atom. The Kier molecular flexibility index (Phi) is 4.39. The van der Waals surface area contributed by atoms with Gasteiger partial charge >= 0.3 is 0 Å². The molecule has 0 unspecified atom stereocenters. The van der Waals surface area contributed by atoms with Gasteiger partial charge in [-0.05, 0) is 23.6 Å². The summed E-state index contributed by atoms with van der Waals surface area (Å²) < 4.78 is 1.96. The molecule has 0 aliphatic heterocycles. The third-order valence-corrected chi connectivity index (χ3v) is 3.16. The van der Waals surface area contributed by atoms with E-state index in [2.05, 4.69) is 19.2 Å². The summed E-state index contributed by atoms with van der Waals surface area (Å²) in [6, 6.07) is 13.7. The zero-order chi connectivity index (χ0) is 13.7. The number of carbonyl (C=O) groups is 1. The molecule has 2 rings (SSSR count). The SMILES string of the molecule is CC(C)[C@H](C(=O)NCc1ccccc1)n1cccc1. The summed E-state index contributed by atoms with van der Waals surface area (Å²) in [7, 11) is 0. The molecule has 1 amide bonds. The van der Waals surface area contributed by atoms with Crippen molar-refractivity contribution >= 4 is 5.91 Å². The quantitative estimate of drug-likeness (QED) is 0.876. The Balaban J connectivity index is 2.01. The summed E-state index contributed by atoms with van der Waals surface area (Å²) in [4.78, 5) is 12.3. The zero-order valence-corrected chi connectivity index (χ0v) is 11.4. The maximum absolute atomic E-state index is 12.3. The van der Waals surface area contributed by atoms with Gasteiger partial charge in [-0.3, -0.25) is 4.79 Å². The molecule has 1 N–H and O–H groups in total. The van der Waals surface area contributed by atoms with Crippen molar-refractivity contribution in [3.05, 3.63) is 60.4 Å². The van der Waals surface area contributed by atoms with Crippen LogP contribution >= 0.6 is 0 Å². The van der Waals surface area contributed by atoms with Crippen LogP contribution < -0.4 is 5.32 Å². The van der Waals surface area contributed by atoms with Gasteiger partial charge in [-0.2, -0.15) is 0 Å². The van der Waals surface area contributed by atoms with E-state index in [0.717, 1.165) is 5.56 Å². The number of hydrogen-bond acceptors (Lipinski definition) is 1. The van der Waals surface area contributed by atoms with Crippen molar-refractivity contribution in [1.29, 1.82) is 0 Å². The van der Waals surface area contributed by atoms with Crippen LogP contribution in [-0.4, -0.2) is 10.5 Å². The minimum Gasteiger partial charge on any atom is -0.350 e. The lowest BCUT2D eigenvalue weighted by Crippen LogP contribution is -2.34. The number of rotatable bonds is 5. The Labute approximate surface area is 114 Å². The molecule has 3 nitrogen and oxygen atoms in total. The maximum Gasteiger partial charge on any atom is 0.243 e. The van der Waals surface area contributed by atoms with Gasteiger partial charge in [0.1, 0.15) is 6.04 Å². The molecule has 0 bridgehead atoms. The number of benzene rings is 1. The molecule has 1 aromatic heterocycles. The zero-order valence-electron chi connectivity index (χ0n) is 11.4. The Morgan fingerprint density at radius 3 is 2.32 bits per heavy atom. The lowest BCUT2D eigenvalue weighted by atomic mass is 10.0. The van der Waals surface area contributed by atoms with E-state index in [0.29, 0.717) is 6.54 Å². The number of aromatic nitrogens is 1. The van der Waals surface area contributed by atoms with Gasteiger partial charge < -0.3 is 9.88 Å². The second kappa shape index (κ2) is 6.23. The summed E-state index contributed by atoms with van der Waals surface area (Å²) in [5.74, 6) is 0.318. The van der Waals surface area contributed by atoms with E-state index < -0.39 is 0 Å². The number of nitrogens with zero attached hydrogens (tertiary/aromatic N) is 1. The fraction of sp³-hybridized carbons (Fsp3) is 0.312. The first-order valence-electron chi connectivity index (χ1n) is 6.62. The van der Waals surface area contributed by atoms with Crippen LogP contribution in [0, 0.1) is 5.92 Å². The van der Waals surface area contributed by atoms with Crippen LogP contribution in [-0.2, 0) is 11.3 Å². The van der Waals surface area contributed by atoms with Gasteiger partial charge in [0.05, 0.1) is 0 Å². The normalized spacial score (nSPS) is 12.4. The van der Waals surface area contributed by atoms with E-state index in [1.54, 1.807) is 0 Å². The van der Waals surface area contributed by atoms with Gasteiger partial charge in [-0.15, -0.1) is 0 Å². The van der Waals surface area contributed by atoms with Crippen LogP contribution in [0.2, 0.25) is 0 Å². The second-order valence-corrected chi connectivity index (χ2v) is 5.02. The molecule has 1 aromatic carbocycles. The van der Waals surface area contributed by atoms with Gasteiger partial charge in [0.2, 0.25) is 5.91 Å². The highest BCUT2D eigenvalue weighted by Crippen LogP contribution is 2.18. The van der Waals surface area contributed by atoms with E-state index in [-0.39, 0.29) is 17.9 Å². The van der Waals surface area contributed by atoms with Gasteiger partial charge in [0.15, 0.2) is 0 Å². The van der Waals surface area contributed by atoms with Crippen LogP contribution in [0.5, 0.6) is 0 Å².